The average molecular weight is 283 g/mol. The Bertz CT molecular complexity index is 684. The third-order valence-electron chi connectivity index (χ3n) is 3.99. The molecule has 0 spiro atoms. The minimum Gasteiger partial charge on any atom is -0.384 e. The van der Waals surface area contributed by atoms with Gasteiger partial charge in [-0.15, -0.1) is 0 Å². The smallest absolute Gasteiger partial charge is 0.164 e. The van der Waals surface area contributed by atoms with Gasteiger partial charge in [-0.2, -0.15) is 5.10 Å². The quantitative estimate of drug-likeness (QED) is 0.671. The van der Waals surface area contributed by atoms with Gasteiger partial charge >= 0.3 is 0 Å². The Morgan fingerprint density at radius 1 is 1.33 bits per heavy atom. The summed E-state index contributed by atoms with van der Waals surface area (Å²) >= 11 is 0. The van der Waals surface area contributed by atoms with E-state index in [9.17, 15) is 0 Å². The zero-order valence-electron chi connectivity index (χ0n) is 12.6. The van der Waals surface area contributed by atoms with Crippen molar-refractivity contribution in [1.29, 1.82) is 5.41 Å². The van der Waals surface area contributed by atoms with Gasteiger partial charge in [-0.3, -0.25) is 5.41 Å². The van der Waals surface area contributed by atoms with Gasteiger partial charge in [0, 0.05) is 11.9 Å². The van der Waals surface area contributed by atoms with E-state index in [0.29, 0.717) is 17.3 Å². The van der Waals surface area contributed by atoms with Crippen molar-refractivity contribution in [1.82, 2.24) is 14.8 Å². The highest BCUT2D eigenvalue weighted by molar-refractivity contribution is 5.98. The summed E-state index contributed by atoms with van der Waals surface area (Å²) in [6.45, 7) is 4.22. The maximum Gasteiger partial charge on any atom is 0.164 e. The molecule has 0 radical (unpaired) electrons. The topological polar surface area (TPSA) is 80.6 Å². The number of fused-ring (bicyclic) bond motifs is 1. The molecule has 0 unspecified atom stereocenters. The van der Waals surface area contributed by atoms with Crippen LogP contribution in [0, 0.1) is 5.41 Å². The van der Waals surface area contributed by atoms with Crippen molar-refractivity contribution >= 4 is 5.84 Å². The Balaban J connectivity index is 2.12. The monoisotopic (exact) mass is 283 g/mol. The summed E-state index contributed by atoms with van der Waals surface area (Å²) < 4.78 is 1.75. The van der Waals surface area contributed by atoms with Gasteiger partial charge in [-0.05, 0) is 49.3 Å². The van der Waals surface area contributed by atoms with E-state index in [1.165, 1.54) is 18.4 Å². The molecule has 0 atom stereocenters. The molecule has 0 fully saturated rings. The molecule has 21 heavy (non-hydrogen) atoms. The van der Waals surface area contributed by atoms with Gasteiger partial charge < -0.3 is 5.73 Å². The zero-order valence-corrected chi connectivity index (χ0v) is 12.6. The van der Waals surface area contributed by atoms with Gasteiger partial charge in [-0.25, -0.2) is 9.67 Å². The number of nitrogen functional groups attached to an aromatic ring is 1. The second kappa shape index (κ2) is 5.31. The molecule has 110 valence electrons. The Labute approximate surface area is 124 Å². The highest BCUT2D eigenvalue weighted by Gasteiger charge is 2.18. The zero-order chi connectivity index (χ0) is 15.0. The van der Waals surface area contributed by atoms with E-state index in [-0.39, 0.29) is 5.84 Å². The number of nitrogens with two attached hydrogens (primary N) is 1. The van der Waals surface area contributed by atoms with E-state index >= 15 is 0 Å². The lowest BCUT2D eigenvalue weighted by molar-refractivity contribution is 0.660. The molecular formula is C16H21N5. The van der Waals surface area contributed by atoms with Gasteiger partial charge in [-0.1, -0.05) is 13.8 Å². The van der Waals surface area contributed by atoms with Crippen molar-refractivity contribution in [3.63, 3.8) is 0 Å². The molecule has 1 aliphatic carbocycles. The minimum atomic E-state index is 0.0486. The van der Waals surface area contributed by atoms with Gasteiger partial charge in [0.2, 0.25) is 0 Å². The molecule has 2 aromatic heterocycles. The van der Waals surface area contributed by atoms with Crippen LogP contribution in [0.3, 0.4) is 0 Å². The molecule has 2 aromatic rings. The van der Waals surface area contributed by atoms with E-state index in [4.69, 9.17) is 16.1 Å². The van der Waals surface area contributed by atoms with E-state index in [0.717, 1.165) is 24.2 Å². The van der Waals surface area contributed by atoms with Crippen molar-refractivity contribution in [2.24, 2.45) is 5.73 Å². The second-order valence-corrected chi connectivity index (χ2v) is 5.93. The van der Waals surface area contributed by atoms with Crippen molar-refractivity contribution in [2.75, 3.05) is 0 Å². The van der Waals surface area contributed by atoms with Crippen LogP contribution in [-0.4, -0.2) is 20.6 Å². The number of pyridine rings is 1. The normalized spacial score (nSPS) is 14.2. The molecule has 0 saturated carbocycles. The Morgan fingerprint density at radius 3 is 2.76 bits per heavy atom. The third kappa shape index (κ3) is 2.55. The molecule has 0 aliphatic heterocycles. The number of amidine groups is 1. The number of hydrogen-bond acceptors (Lipinski definition) is 3. The summed E-state index contributed by atoms with van der Waals surface area (Å²) in [5, 5.41) is 12.4. The predicted molar refractivity (Wildman–Crippen MR) is 83.1 cm³/mol. The highest BCUT2D eigenvalue weighted by atomic mass is 15.3. The van der Waals surface area contributed by atoms with Gasteiger partial charge in [0.25, 0.3) is 0 Å². The lowest BCUT2D eigenvalue weighted by Crippen LogP contribution is -2.19. The molecule has 1 aliphatic rings. The Hall–Kier alpha value is -2.17. The van der Waals surface area contributed by atoms with Crippen LogP contribution in [0.1, 0.15) is 55.1 Å². The third-order valence-corrected chi connectivity index (χ3v) is 3.99. The van der Waals surface area contributed by atoms with Crippen LogP contribution >= 0.6 is 0 Å². The summed E-state index contributed by atoms with van der Waals surface area (Å²) in [6, 6.07) is 4.02. The van der Waals surface area contributed by atoms with Crippen LogP contribution in [0.15, 0.2) is 18.3 Å². The highest BCUT2D eigenvalue weighted by Crippen LogP contribution is 2.24. The Morgan fingerprint density at radius 2 is 2.10 bits per heavy atom. The maximum absolute atomic E-state index is 7.83. The fourth-order valence-electron chi connectivity index (χ4n) is 2.76. The maximum atomic E-state index is 7.83. The fraction of sp³-hybridized carbons (Fsp3) is 0.438. The molecule has 3 rings (SSSR count). The van der Waals surface area contributed by atoms with Crippen LogP contribution in [0.25, 0.3) is 5.82 Å². The first kappa shape index (κ1) is 13.8. The Kier molecular flexibility index (Phi) is 3.49. The van der Waals surface area contributed by atoms with Crippen LogP contribution in [-0.2, 0) is 12.8 Å². The van der Waals surface area contributed by atoms with Gasteiger partial charge in [0.05, 0.1) is 11.3 Å². The molecule has 5 heteroatoms. The van der Waals surface area contributed by atoms with Crippen molar-refractivity contribution in [3.05, 3.63) is 40.8 Å². The first-order chi connectivity index (χ1) is 10.1. The molecule has 0 amide bonds. The van der Waals surface area contributed by atoms with E-state index in [1.54, 1.807) is 4.68 Å². The SMILES string of the molecule is CC(C)c1ccn(-c2nc3c(cc2C(=N)N)CCCC3)n1. The summed E-state index contributed by atoms with van der Waals surface area (Å²) in [5.41, 5.74) is 9.80. The first-order valence-electron chi connectivity index (χ1n) is 7.49. The number of aryl methyl sites for hydroxylation is 2. The second-order valence-electron chi connectivity index (χ2n) is 5.93. The van der Waals surface area contributed by atoms with Crippen LogP contribution in [0.4, 0.5) is 0 Å². The van der Waals surface area contributed by atoms with Crippen molar-refractivity contribution < 1.29 is 0 Å². The minimum absolute atomic E-state index is 0.0486. The molecular weight excluding hydrogens is 262 g/mol. The van der Waals surface area contributed by atoms with Crippen molar-refractivity contribution in [2.45, 2.75) is 45.4 Å². The molecule has 5 nitrogen and oxygen atoms in total. The number of nitrogens with one attached hydrogen (secondary N) is 1. The van der Waals surface area contributed by atoms with E-state index < -0.39 is 0 Å². The van der Waals surface area contributed by atoms with E-state index in [2.05, 4.69) is 18.9 Å². The summed E-state index contributed by atoms with van der Waals surface area (Å²) in [4.78, 5) is 4.76. The summed E-state index contributed by atoms with van der Waals surface area (Å²) in [7, 11) is 0. The molecule has 0 aromatic carbocycles. The molecule has 0 saturated heterocycles. The number of rotatable bonds is 3. The number of hydrogen-bond donors (Lipinski definition) is 2. The molecule has 2 heterocycles. The standard InChI is InChI=1S/C16H21N5/c1-10(2)13-7-8-21(20-13)16-12(15(17)18)9-11-5-3-4-6-14(11)19-16/h7-10H,3-6H2,1-2H3,(H3,17,18). The van der Waals surface area contributed by atoms with Crippen molar-refractivity contribution in [3.8, 4) is 5.82 Å². The largest absolute Gasteiger partial charge is 0.384 e. The average Bonchev–Trinajstić information content (AvgIpc) is 2.95. The van der Waals surface area contributed by atoms with Crippen LogP contribution in [0.5, 0.6) is 0 Å². The lowest BCUT2D eigenvalue weighted by atomic mass is 9.94. The van der Waals surface area contributed by atoms with E-state index in [1.807, 2.05) is 18.3 Å². The summed E-state index contributed by atoms with van der Waals surface area (Å²) in [6.07, 6.45) is 6.29. The number of nitrogens with zero attached hydrogens (tertiary/aromatic N) is 3. The van der Waals surface area contributed by atoms with Crippen LogP contribution < -0.4 is 5.73 Å². The van der Waals surface area contributed by atoms with Crippen LogP contribution in [0.2, 0.25) is 0 Å². The number of aromatic nitrogens is 3. The molecule has 3 N–H and O–H groups in total. The first-order valence-corrected chi connectivity index (χ1v) is 7.49. The lowest BCUT2D eigenvalue weighted by Gasteiger charge is -2.18. The van der Waals surface area contributed by atoms with Gasteiger partial charge in [0.15, 0.2) is 5.82 Å². The molecule has 0 bridgehead atoms. The fourth-order valence-corrected chi connectivity index (χ4v) is 2.76. The summed E-state index contributed by atoms with van der Waals surface area (Å²) in [5.74, 6) is 1.09. The van der Waals surface area contributed by atoms with Gasteiger partial charge in [0.1, 0.15) is 5.84 Å². The predicted octanol–water partition coefficient (Wildman–Crippen LogP) is 2.55.